The van der Waals surface area contributed by atoms with E-state index in [1.54, 1.807) is 12.1 Å². The van der Waals surface area contributed by atoms with Gasteiger partial charge in [-0.15, -0.1) is 0 Å². The SMILES string of the molecule is COc1c(O)cccc1[CH]O. The van der Waals surface area contributed by atoms with Crippen LogP contribution in [0.3, 0.4) is 0 Å². The van der Waals surface area contributed by atoms with Crippen LogP contribution in [0.4, 0.5) is 0 Å². The maximum absolute atomic E-state index is 9.17. The van der Waals surface area contributed by atoms with Gasteiger partial charge in [-0.05, 0) is 6.07 Å². The first-order chi connectivity index (χ1) is 5.29. The highest BCUT2D eigenvalue weighted by Crippen LogP contribution is 2.29. The summed E-state index contributed by atoms with van der Waals surface area (Å²) in [6, 6.07) is 4.75. The molecule has 0 aliphatic carbocycles. The summed E-state index contributed by atoms with van der Waals surface area (Å²) in [6.07, 6.45) is 0. The lowest BCUT2D eigenvalue weighted by atomic mass is 10.2. The lowest BCUT2D eigenvalue weighted by Crippen LogP contribution is -1.89. The fourth-order valence-corrected chi connectivity index (χ4v) is 0.866. The summed E-state index contributed by atoms with van der Waals surface area (Å²) in [5, 5.41) is 17.8. The molecule has 0 atom stereocenters. The first-order valence-electron chi connectivity index (χ1n) is 3.13. The molecule has 1 rings (SSSR count). The van der Waals surface area contributed by atoms with Gasteiger partial charge < -0.3 is 14.9 Å². The molecule has 0 bridgehead atoms. The molecule has 0 spiro atoms. The number of aromatic hydroxyl groups is 1. The van der Waals surface area contributed by atoms with Crippen molar-refractivity contribution in [2.45, 2.75) is 0 Å². The van der Waals surface area contributed by atoms with Gasteiger partial charge in [0.25, 0.3) is 0 Å². The number of aliphatic hydroxyl groups is 1. The van der Waals surface area contributed by atoms with Gasteiger partial charge in [-0.1, -0.05) is 12.1 Å². The molecule has 11 heavy (non-hydrogen) atoms. The zero-order valence-electron chi connectivity index (χ0n) is 6.11. The fraction of sp³-hybridized carbons (Fsp3) is 0.125. The lowest BCUT2D eigenvalue weighted by molar-refractivity contribution is 0.357. The molecule has 0 saturated heterocycles. The third-order valence-electron chi connectivity index (χ3n) is 1.37. The Morgan fingerprint density at radius 2 is 2.18 bits per heavy atom. The number of aliphatic hydroxyl groups excluding tert-OH is 1. The standard InChI is InChI=1S/C8H9O3/c1-11-8-6(5-9)3-2-4-7(8)10/h2-5,9-10H,1H3. The van der Waals surface area contributed by atoms with Crippen molar-refractivity contribution in [1.29, 1.82) is 0 Å². The van der Waals surface area contributed by atoms with Crippen LogP contribution in [0.15, 0.2) is 18.2 Å². The topological polar surface area (TPSA) is 49.7 Å². The highest BCUT2D eigenvalue weighted by atomic mass is 16.5. The van der Waals surface area contributed by atoms with Crippen LogP contribution in [0.2, 0.25) is 0 Å². The van der Waals surface area contributed by atoms with Gasteiger partial charge in [-0.25, -0.2) is 0 Å². The molecule has 2 N–H and O–H groups in total. The monoisotopic (exact) mass is 153 g/mol. The van der Waals surface area contributed by atoms with Gasteiger partial charge in [0, 0.05) is 5.56 Å². The number of hydrogen-bond acceptors (Lipinski definition) is 3. The van der Waals surface area contributed by atoms with Crippen molar-refractivity contribution in [1.82, 2.24) is 0 Å². The Morgan fingerprint density at radius 1 is 1.45 bits per heavy atom. The highest BCUT2D eigenvalue weighted by Gasteiger charge is 2.05. The van der Waals surface area contributed by atoms with Crippen molar-refractivity contribution in [3.8, 4) is 11.5 Å². The van der Waals surface area contributed by atoms with E-state index >= 15 is 0 Å². The van der Waals surface area contributed by atoms with E-state index in [2.05, 4.69) is 0 Å². The van der Waals surface area contributed by atoms with E-state index in [4.69, 9.17) is 14.9 Å². The predicted molar refractivity (Wildman–Crippen MR) is 40.0 cm³/mol. The highest BCUT2D eigenvalue weighted by molar-refractivity contribution is 5.47. The van der Waals surface area contributed by atoms with Crippen molar-refractivity contribution in [3.05, 3.63) is 30.4 Å². The van der Waals surface area contributed by atoms with E-state index in [9.17, 15) is 0 Å². The first kappa shape index (κ1) is 7.88. The summed E-state index contributed by atoms with van der Waals surface area (Å²) >= 11 is 0. The molecule has 3 heteroatoms. The Morgan fingerprint density at radius 3 is 2.64 bits per heavy atom. The molecule has 0 fully saturated rings. The molecule has 0 unspecified atom stereocenters. The molecular formula is C8H9O3. The fourth-order valence-electron chi connectivity index (χ4n) is 0.866. The summed E-state index contributed by atoms with van der Waals surface area (Å²) in [7, 11) is 1.43. The minimum absolute atomic E-state index is 0.0234. The minimum atomic E-state index is 0.0234. The van der Waals surface area contributed by atoms with Gasteiger partial charge in [-0.2, -0.15) is 0 Å². The molecule has 0 amide bonds. The number of benzene rings is 1. The molecule has 1 aromatic rings. The van der Waals surface area contributed by atoms with E-state index in [0.29, 0.717) is 5.56 Å². The van der Waals surface area contributed by atoms with Gasteiger partial charge in [-0.3, -0.25) is 0 Å². The van der Waals surface area contributed by atoms with Crippen LogP contribution in [-0.4, -0.2) is 17.3 Å². The van der Waals surface area contributed by atoms with Gasteiger partial charge in [0.05, 0.1) is 7.11 Å². The Kier molecular flexibility index (Phi) is 2.33. The average molecular weight is 153 g/mol. The number of methoxy groups -OCH3 is 1. The van der Waals surface area contributed by atoms with Crippen molar-refractivity contribution < 1.29 is 14.9 Å². The molecule has 1 aromatic carbocycles. The second-order valence-electron chi connectivity index (χ2n) is 2.03. The maximum atomic E-state index is 9.17. The van der Waals surface area contributed by atoms with E-state index in [1.165, 1.54) is 13.2 Å². The van der Waals surface area contributed by atoms with Gasteiger partial charge >= 0.3 is 0 Å². The second kappa shape index (κ2) is 3.25. The molecule has 0 heterocycles. The molecular weight excluding hydrogens is 144 g/mol. The number of para-hydroxylation sites is 1. The van der Waals surface area contributed by atoms with Gasteiger partial charge in [0.1, 0.15) is 6.61 Å². The van der Waals surface area contributed by atoms with Gasteiger partial charge in [0.15, 0.2) is 11.5 Å². The van der Waals surface area contributed by atoms with E-state index < -0.39 is 0 Å². The predicted octanol–water partition coefficient (Wildman–Crippen LogP) is 1.28. The lowest BCUT2D eigenvalue weighted by Gasteiger charge is -2.06. The Hall–Kier alpha value is -1.22. The van der Waals surface area contributed by atoms with Crippen LogP contribution >= 0.6 is 0 Å². The minimum Gasteiger partial charge on any atom is -0.504 e. The Labute approximate surface area is 64.9 Å². The molecule has 1 radical (unpaired) electrons. The largest absolute Gasteiger partial charge is 0.504 e. The normalized spacial score (nSPS) is 9.64. The number of ether oxygens (including phenoxy) is 1. The smallest absolute Gasteiger partial charge is 0.166 e. The van der Waals surface area contributed by atoms with Crippen LogP contribution in [-0.2, 0) is 0 Å². The summed E-state index contributed by atoms with van der Waals surface area (Å²) in [5.41, 5.74) is 0.465. The van der Waals surface area contributed by atoms with Crippen molar-refractivity contribution in [2.75, 3.05) is 7.11 Å². The number of phenols is 1. The molecule has 0 aromatic heterocycles. The third-order valence-corrected chi connectivity index (χ3v) is 1.37. The quantitative estimate of drug-likeness (QED) is 0.672. The molecule has 0 saturated carbocycles. The Balaban J connectivity index is 3.13. The van der Waals surface area contributed by atoms with Crippen molar-refractivity contribution >= 4 is 0 Å². The van der Waals surface area contributed by atoms with Gasteiger partial charge in [0.2, 0.25) is 0 Å². The van der Waals surface area contributed by atoms with Crippen molar-refractivity contribution in [2.24, 2.45) is 0 Å². The van der Waals surface area contributed by atoms with Crippen LogP contribution in [0.1, 0.15) is 5.56 Å². The van der Waals surface area contributed by atoms with E-state index in [0.717, 1.165) is 6.61 Å². The first-order valence-corrected chi connectivity index (χ1v) is 3.13. The molecule has 59 valence electrons. The average Bonchev–Trinajstić information content (AvgIpc) is 2.04. The van der Waals surface area contributed by atoms with E-state index in [-0.39, 0.29) is 11.5 Å². The summed E-state index contributed by atoms with van der Waals surface area (Å²) in [6.45, 7) is 0.887. The zero-order valence-corrected chi connectivity index (χ0v) is 6.11. The second-order valence-corrected chi connectivity index (χ2v) is 2.03. The van der Waals surface area contributed by atoms with E-state index in [1.807, 2.05) is 0 Å². The number of phenolic OH excluding ortho intramolecular Hbond substituents is 1. The van der Waals surface area contributed by atoms with Crippen LogP contribution in [0.25, 0.3) is 0 Å². The zero-order chi connectivity index (χ0) is 8.27. The van der Waals surface area contributed by atoms with Crippen LogP contribution < -0.4 is 4.74 Å². The number of rotatable bonds is 2. The summed E-state index contributed by atoms with van der Waals surface area (Å²) in [5.74, 6) is 0.310. The van der Waals surface area contributed by atoms with Crippen molar-refractivity contribution in [3.63, 3.8) is 0 Å². The molecule has 0 aliphatic rings. The summed E-state index contributed by atoms with van der Waals surface area (Å²) in [4.78, 5) is 0. The Bertz CT molecular complexity index is 245. The van der Waals surface area contributed by atoms with Crippen LogP contribution in [0, 0.1) is 6.61 Å². The third kappa shape index (κ3) is 1.43. The number of hydrogen-bond donors (Lipinski definition) is 2. The maximum Gasteiger partial charge on any atom is 0.166 e. The van der Waals surface area contributed by atoms with Crippen LogP contribution in [0.5, 0.6) is 11.5 Å². The molecule has 3 nitrogen and oxygen atoms in total. The summed E-state index contributed by atoms with van der Waals surface area (Å²) < 4.78 is 4.83. The molecule has 0 aliphatic heterocycles.